The predicted molar refractivity (Wildman–Crippen MR) is 80.4 cm³/mol. The van der Waals surface area contributed by atoms with Gasteiger partial charge in [-0.2, -0.15) is 0 Å². The lowest BCUT2D eigenvalue weighted by atomic mass is 10.2. The quantitative estimate of drug-likeness (QED) is 0.775. The first-order valence-electron chi connectivity index (χ1n) is 6.59. The molecule has 3 N–H and O–H groups in total. The minimum Gasteiger partial charge on any atom is -0.494 e. The van der Waals surface area contributed by atoms with Crippen LogP contribution in [0.25, 0.3) is 0 Å². The standard InChI is InChI=1S/C16H20N2O/c1-2-11-19-15-9-7-14(8-10-15)18-12-13-5-3-4-6-16(13)17/h3-10,18H,2,11-12,17H2,1H3. The van der Waals surface area contributed by atoms with Gasteiger partial charge in [-0.3, -0.25) is 0 Å². The summed E-state index contributed by atoms with van der Waals surface area (Å²) in [4.78, 5) is 0. The van der Waals surface area contributed by atoms with E-state index >= 15 is 0 Å². The van der Waals surface area contributed by atoms with Crippen LogP contribution in [-0.4, -0.2) is 6.61 Å². The molecule has 2 rings (SSSR count). The Morgan fingerprint density at radius 1 is 1.05 bits per heavy atom. The van der Waals surface area contributed by atoms with Crippen molar-refractivity contribution in [1.29, 1.82) is 0 Å². The Labute approximate surface area is 114 Å². The van der Waals surface area contributed by atoms with Crippen molar-refractivity contribution >= 4 is 11.4 Å². The molecule has 0 aliphatic rings. The first-order valence-corrected chi connectivity index (χ1v) is 6.59. The number of hydrogen-bond acceptors (Lipinski definition) is 3. The number of rotatable bonds is 6. The highest BCUT2D eigenvalue weighted by molar-refractivity contribution is 5.51. The number of benzene rings is 2. The summed E-state index contributed by atoms with van der Waals surface area (Å²) >= 11 is 0. The fourth-order valence-corrected chi connectivity index (χ4v) is 1.78. The first kappa shape index (κ1) is 13.3. The normalized spacial score (nSPS) is 10.2. The third-order valence-electron chi connectivity index (χ3n) is 2.87. The maximum atomic E-state index is 5.90. The molecule has 0 amide bonds. The molecule has 2 aromatic carbocycles. The number of nitrogens with one attached hydrogen (secondary N) is 1. The maximum absolute atomic E-state index is 5.90. The zero-order chi connectivity index (χ0) is 13.5. The van der Waals surface area contributed by atoms with Crippen LogP contribution in [-0.2, 0) is 6.54 Å². The number of hydrogen-bond donors (Lipinski definition) is 2. The van der Waals surface area contributed by atoms with Crippen LogP contribution in [0.4, 0.5) is 11.4 Å². The Hall–Kier alpha value is -2.16. The molecule has 100 valence electrons. The molecule has 19 heavy (non-hydrogen) atoms. The molecule has 0 radical (unpaired) electrons. The van der Waals surface area contributed by atoms with Crippen LogP contribution in [0.1, 0.15) is 18.9 Å². The lowest BCUT2D eigenvalue weighted by molar-refractivity contribution is 0.317. The van der Waals surface area contributed by atoms with Gasteiger partial charge < -0.3 is 15.8 Å². The van der Waals surface area contributed by atoms with E-state index in [1.165, 1.54) is 0 Å². The minimum atomic E-state index is 0.724. The van der Waals surface area contributed by atoms with Crippen LogP contribution in [0, 0.1) is 0 Å². The van der Waals surface area contributed by atoms with Crippen molar-refractivity contribution in [2.75, 3.05) is 17.7 Å². The maximum Gasteiger partial charge on any atom is 0.119 e. The highest BCUT2D eigenvalue weighted by atomic mass is 16.5. The number of anilines is 2. The summed E-state index contributed by atoms with van der Waals surface area (Å²) in [5.74, 6) is 0.909. The van der Waals surface area contributed by atoms with Crippen molar-refractivity contribution in [3.8, 4) is 5.75 Å². The van der Waals surface area contributed by atoms with Crippen LogP contribution in [0.5, 0.6) is 5.75 Å². The molecule has 0 aromatic heterocycles. The third-order valence-corrected chi connectivity index (χ3v) is 2.87. The van der Waals surface area contributed by atoms with Gasteiger partial charge in [0.2, 0.25) is 0 Å². The van der Waals surface area contributed by atoms with Gasteiger partial charge in [-0.1, -0.05) is 25.1 Å². The molecule has 0 atom stereocenters. The van der Waals surface area contributed by atoms with E-state index in [1.807, 2.05) is 48.5 Å². The summed E-state index contributed by atoms with van der Waals surface area (Å²) in [6, 6.07) is 15.9. The zero-order valence-electron chi connectivity index (χ0n) is 11.2. The van der Waals surface area contributed by atoms with Gasteiger partial charge in [0, 0.05) is 17.9 Å². The highest BCUT2D eigenvalue weighted by Crippen LogP contribution is 2.18. The van der Waals surface area contributed by atoms with Gasteiger partial charge in [-0.05, 0) is 42.3 Å². The van der Waals surface area contributed by atoms with E-state index in [1.54, 1.807) is 0 Å². The van der Waals surface area contributed by atoms with Gasteiger partial charge in [0.1, 0.15) is 5.75 Å². The highest BCUT2D eigenvalue weighted by Gasteiger charge is 1.98. The Kier molecular flexibility index (Phi) is 4.67. The van der Waals surface area contributed by atoms with Gasteiger partial charge in [-0.15, -0.1) is 0 Å². The Morgan fingerprint density at radius 3 is 2.47 bits per heavy atom. The smallest absolute Gasteiger partial charge is 0.119 e. The van der Waals surface area contributed by atoms with Gasteiger partial charge >= 0.3 is 0 Å². The molecule has 0 fully saturated rings. The Balaban J connectivity index is 1.91. The van der Waals surface area contributed by atoms with E-state index in [4.69, 9.17) is 10.5 Å². The van der Waals surface area contributed by atoms with Gasteiger partial charge in [0.15, 0.2) is 0 Å². The molecule has 0 saturated heterocycles. The van der Waals surface area contributed by atoms with E-state index in [0.29, 0.717) is 0 Å². The molecule has 3 heteroatoms. The molecule has 0 aliphatic heterocycles. The monoisotopic (exact) mass is 256 g/mol. The molecule has 0 saturated carbocycles. The second-order valence-electron chi connectivity index (χ2n) is 4.43. The van der Waals surface area contributed by atoms with Crippen LogP contribution in [0.15, 0.2) is 48.5 Å². The summed E-state index contributed by atoms with van der Waals surface area (Å²) in [6.07, 6.45) is 1.02. The fourth-order valence-electron chi connectivity index (χ4n) is 1.78. The van der Waals surface area contributed by atoms with Crippen molar-refractivity contribution in [2.45, 2.75) is 19.9 Å². The van der Waals surface area contributed by atoms with Crippen molar-refractivity contribution in [3.63, 3.8) is 0 Å². The molecule has 0 unspecified atom stereocenters. The molecule has 2 aromatic rings. The summed E-state index contributed by atoms with van der Waals surface area (Å²) < 4.78 is 5.54. The lowest BCUT2D eigenvalue weighted by Gasteiger charge is -2.10. The summed E-state index contributed by atoms with van der Waals surface area (Å²) in [5, 5.41) is 3.35. The first-order chi connectivity index (χ1) is 9.29. The second-order valence-corrected chi connectivity index (χ2v) is 4.43. The predicted octanol–water partition coefficient (Wildman–Crippen LogP) is 3.67. The molecule has 0 aliphatic carbocycles. The fraction of sp³-hybridized carbons (Fsp3) is 0.250. The lowest BCUT2D eigenvalue weighted by Crippen LogP contribution is -2.02. The number of nitrogens with two attached hydrogens (primary N) is 1. The van der Waals surface area contributed by atoms with Crippen molar-refractivity contribution in [2.24, 2.45) is 0 Å². The van der Waals surface area contributed by atoms with E-state index in [-0.39, 0.29) is 0 Å². The van der Waals surface area contributed by atoms with Crippen molar-refractivity contribution in [3.05, 3.63) is 54.1 Å². The van der Waals surface area contributed by atoms with Crippen LogP contribution in [0.3, 0.4) is 0 Å². The van der Waals surface area contributed by atoms with Crippen LogP contribution >= 0.6 is 0 Å². The van der Waals surface area contributed by atoms with Crippen molar-refractivity contribution < 1.29 is 4.74 Å². The van der Waals surface area contributed by atoms with Gasteiger partial charge in [0.05, 0.1) is 6.61 Å². The molecule has 0 bridgehead atoms. The van der Waals surface area contributed by atoms with E-state index in [9.17, 15) is 0 Å². The topological polar surface area (TPSA) is 47.3 Å². The van der Waals surface area contributed by atoms with Gasteiger partial charge in [-0.25, -0.2) is 0 Å². The molecular weight excluding hydrogens is 236 g/mol. The number of ether oxygens (including phenoxy) is 1. The van der Waals surface area contributed by atoms with Gasteiger partial charge in [0.25, 0.3) is 0 Å². The Bertz CT molecular complexity index is 508. The average molecular weight is 256 g/mol. The summed E-state index contributed by atoms with van der Waals surface area (Å²) in [5.41, 5.74) is 8.89. The van der Waals surface area contributed by atoms with E-state index in [0.717, 1.165) is 42.3 Å². The van der Waals surface area contributed by atoms with Crippen LogP contribution in [0.2, 0.25) is 0 Å². The third kappa shape index (κ3) is 3.91. The minimum absolute atomic E-state index is 0.724. The summed E-state index contributed by atoms with van der Waals surface area (Å²) in [7, 11) is 0. The number of para-hydroxylation sites is 1. The SMILES string of the molecule is CCCOc1ccc(NCc2ccccc2N)cc1. The molecule has 0 heterocycles. The second kappa shape index (κ2) is 6.69. The average Bonchev–Trinajstić information content (AvgIpc) is 2.45. The summed E-state index contributed by atoms with van der Waals surface area (Å²) in [6.45, 7) is 3.58. The molecular formula is C16H20N2O. The van der Waals surface area contributed by atoms with Crippen molar-refractivity contribution in [1.82, 2.24) is 0 Å². The van der Waals surface area contributed by atoms with E-state index in [2.05, 4.69) is 12.2 Å². The Morgan fingerprint density at radius 2 is 1.79 bits per heavy atom. The van der Waals surface area contributed by atoms with E-state index < -0.39 is 0 Å². The van der Waals surface area contributed by atoms with Crippen LogP contribution < -0.4 is 15.8 Å². The largest absolute Gasteiger partial charge is 0.494 e. The number of nitrogen functional groups attached to an aromatic ring is 1. The zero-order valence-corrected chi connectivity index (χ0v) is 11.2. The molecule has 0 spiro atoms. The molecule has 3 nitrogen and oxygen atoms in total.